The quantitative estimate of drug-likeness (QED) is 0.367. The van der Waals surface area contributed by atoms with Crippen LogP contribution in [-0.2, 0) is 4.79 Å². The molecule has 3 aromatic carbocycles. The van der Waals surface area contributed by atoms with Gasteiger partial charge in [0.25, 0.3) is 0 Å². The largest absolute Gasteiger partial charge is 0.326 e. The third-order valence-corrected chi connectivity index (χ3v) is 7.32. The molecule has 1 aromatic heterocycles. The van der Waals surface area contributed by atoms with Crippen molar-refractivity contribution >= 4 is 33.1 Å². The van der Waals surface area contributed by atoms with Crippen LogP contribution in [0.1, 0.15) is 42.7 Å². The van der Waals surface area contributed by atoms with Gasteiger partial charge in [0.05, 0.1) is 16.1 Å². The van der Waals surface area contributed by atoms with Crippen LogP contribution >= 0.6 is 11.3 Å². The molecule has 0 bridgehead atoms. The first-order valence-corrected chi connectivity index (χ1v) is 11.8. The Morgan fingerprint density at radius 2 is 1.74 bits per heavy atom. The molecule has 4 heteroatoms. The lowest BCUT2D eigenvalue weighted by molar-refractivity contribution is -0.118. The van der Waals surface area contributed by atoms with Crippen LogP contribution in [-0.4, -0.2) is 10.9 Å². The van der Waals surface area contributed by atoms with Gasteiger partial charge in [-0.3, -0.25) is 4.79 Å². The van der Waals surface area contributed by atoms with Crippen molar-refractivity contribution < 1.29 is 4.79 Å². The fraction of sp³-hybridized carbons (Fsp3) is 0.259. The zero-order valence-electron chi connectivity index (χ0n) is 17.7. The van der Waals surface area contributed by atoms with E-state index in [1.807, 2.05) is 42.5 Å². The maximum atomic E-state index is 13.3. The lowest BCUT2D eigenvalue weighted by atomic mass is 9.84. The Balaban J connectivity index is 1.35. The summed E-state index contributed by atoms with van der Waals surface area (Å²) in [7, 11) is 0. The molecule has 1 aliphatic rings. The minimum Gasteiger partial charge on any atom is -0.326 e. The number of carbonyl (C=O) groups is 1. The normalized spacial score (nSPS) is 15.3. The monoisotopic (exact) mass is 426 g/mol. The highest BCUT2D eigenvalue weighted by atomic mass is 32.1. The number of anilines is 1. The lowest BCUT2D eigenvalue weighted by Gasteiger charge is -2.23. The maximum absolute atomic E-state index is 13.3. The zero-order chi connectivity index (χ0) is 21.2. The molecule has 1 aliphatic carbocycles. The summed E-state index contributed by atoms with van der Waals surface area (Å²) < 4.78 is 1.20. The minimum absolute atomic E-state index is 0.0872. The number of nitrogens with zero attached hydrogens (tertiary/aromatic N) is 1. The third kappa shape index (κ3) is 4.26. The Kier molecular flexibility index (Phi) is 5.56. The molecule has 156 valence electrons. The fourth-order valence-electron chi connectivity index (χ4n) is 4.66. The first-order chi connectivity index (χ1) is 15.2. The van der Waals surface area contributed by atoms with E-state index in [-0.39, 0.29) is 11.8 Å². The van der Waals surface area contributed by atoms with E-state index < -0.39 is 0 Å². The first-order valence-electron chi connectivity index (χ1n) is 11.0. The molecule has 0 spiro atoms. The number of hydrogen-bond donors (Lipinski definition) is 1. The van der Waals surface area contributed by atoms with E-state index in [1.54, 1.807) is 11.3 Å². The molecule has 0 aliphatic heterocycles. The molecule has 1 atom stereocenters. The second-order valence-electron chi connectivity index (χ2n) is 8.49. The predicted octanol–water partition coefficient (Wildman–Crippen LogP) is 7.18. The highest BCUT2D eigenvalue weighted by molar-refractivity contribution is 7.21. The number of fused-ring (bicyclic) bond motifs is 1. The van der Waals surface area contributed by atoms with Gasteiger partial charge in [-0.05, 0) is 73.2 Å². The lowest BCUT2D eigenvalue weighted by Crippen LogP contribution is -2.26. The van der Waals surface area contributed by atoms with E-state index in [0.29, 0.717) is 5.92 Å². The van der Waals surface area contributed by atoms with Gasteiger partial charge in [-0.1, -0.05) is 49.2 Å². The Hall–Kier alpha value is -2.98. The molecule has 4 aromatic rings. The fourth-order valence-corrected chi connectivity index (χ4v) is 5.73. The van der Waals surface area contributed by atoms with Crippen molar-refractivity contribution in [2.45, 2.75) is 38.5 Å². The number of aryl methyl sites for hydroxylation is 1. The van der Waals surface area contributed by atoms with E-state index in [9.17, 15) is 4.79 Å². The number of carbonyl (C=O) groups excluding carboxylic acids is 1. The van der Waals surface area contributed by atoms with Gasteiger partial charge in [0.15, 0.2) is 0 Å². The molecular formula is C27H26N2OS. The van der Waals surface area contributed by atoms with Crippen molar-refractivity contribution in [3.8, 4) is 10.6 Å². The summed E-state index contributed by atoms with van der Waals surface area (Å²) in [6.07, 6.45) is 4.70. The summed E-state index contributed by atoms with van der Waals surface area (Å²) in [5, 5.41) is 4.18. The summed E-state index contributed by atoms with van der Waals surface area (Å²) in [4.78, 5) is 18.0. The summed E-state index contributed by atoms with van der Waals surface area (Å²) in [5.74, 6) is 0.435. The van der Waals surface area contributed by atoms with Crippen molar-refractivity contribution in [1.29, 1.82) is 0 Å². The van der Waals surface area contributed by atoms with Crippen LogP contribution in [0, 0.1) is 12.8 Å². The Morgan fingerprint density at radius 1 is 1.00 bits per heavy atom. The second-order valence-corrected chi connectivity index (χ2v) is 9.52. The Morgan fingerprint density at radius 3 is 2.48 bits per heavy atom. The van der Waals surface area contributed by atoms with Crippen molar-refractivity contribution in [2.75, 3.05) is 5.32 Å². The summed E-state index contributed by atoms with van der Waals surface area (Å²) in [6, 6.07) is 24.7. The van der Waals surface area contributed by atoms with E-state index >= 15 is 0 Å². The van der Waals surface area contributed by atoms with Gasteiger partial charge < -0.3 is 5.32 Å². The van der Waals surface area contributed by atoms with Crippen molar-refractivity contribution in [3.63, 3.8) is 0 Å². The standard InChI is InChI=1S/C27H26N2OS/c1-18-11-16-23-24(17-18)31-27(29-23)21-12-14-22(15-13-21)28-26(30)25(20-9-5-6-10-20)19-7-3-2-4-8-19/h2-4,7-8,11-17,20,25H,5-6,9-10H2,1H3,(H,28,30)/t25-/m0/s1. The molecule has 1 fully saturated rings. The Bertz CT molecular complexity index is 1190. The topological polar surface area (TPSA) is 42.0 Å². The number of amides is 1. The second kappa shape index (κ2) is 8.64. The third-order valence-electron chi connectivity index (χ3n) is 6.26. The van der Waals surface area contributed by atoms with Gasteiger partial charge in [-0.2, -0.15) is 0 Å². The highest BCUT2D eigenvalue weighted by Gasteiger charge is 2.31. The number of thiazole rings is 1. The average Bonchev–Trinajstić information content (AvgIpc) is 3.45. The summed E-state index contributed by atoms with van der Waals surface area (Å²) in [5.41, 5.74) is 5.31. The molecule has 1 N–H and O–H groups in total. The van der Waals surface area contributed by atoms with E-state index in [1.165, 1.54) is 23.1 Å². The van der Waals surface area contributed by atoms with E-state index in [4.69, 9.17) is 4.98 Å². The molecule has 3 nitrogen and oxygen atoms in total. The van der Waals surface area contributed by atoms with Crippen molar-refractivity contribution in [1.82, 2.24) is 4.98 Å². The number of rotatable bonds is 5. The van der Waals surface area contributed by atoms with Gasteiger partial charge >= 0.3 is 0 Å². The van der Waals surface area contributed by atoms with Crippen LogP contribution in [0.2, 0.25) is 0 Å². The average molecular weight is 427 g/mol. The van der Waals surface area contributed by atoms with Crippen LogP contribution in [0.15, 0.2) is 72.8 Å². The van der Waals surface area contributed by atoms with Gasteiger partial charge in [-0.15, -0.1) is 11.3 Å². The predicted molar refractivity (Wildman–Crippen MR) is 130 cm³/mol. The van der Waals surface area contributed by atoms with Crippen LogP contribution < -0.4 is 5.32 Å². The highest BCUT2D eigenvalue weighted by Crippen LogP contribution is 2.38. The minimum atomic E-state index is -0.0872. The van der Waals surface area contributed by atoms with Crippen LogP contribution in [0.5, 0.6) is 0 Å². The van der Waals surface area contributed by atoms with Crippen molar-refractivity contribution in [2.24, 2.45) is 5.92 Å². The number of hydrogen-bond acceptors (Lipinski definition) is 3. The van der Waals surface area contributed by atoms with Gasteiger partial charge in [-0.25, -0.2) is 4.98 Å². The molecule has 5 rings (SSSR count). The number of aromatic nitrogens is 1. The molecule has 31 heavy (non-hydrogen) atoms. The smallest absolute Gasteiger partial charge is 0.232 e. The Labute approximate surface area is 187 Å². The SMILES string of the molecule is Cc1ccc2nc(-c3ccc(NC(=O)[C@@H](c4ccccc4)C4CCCC4)cc3)sc2c1. The zero-order valence-corrected chi connectivity index (χ0v) is 18.5. The van der Waals surface area contributed by atoms with E-state index in [2.05, 4.69) is 42.6 Å². The van der Waals surface area contributed by atoms with Crippen LogP contribution in [0.25, 0.3) is 20.8 Å². The molecule has 1 amide bonds. The van der Waals surface area contributed by atoms with Gasteiger partial charge in [0, 0.05) is 11.3 Å². The summed E-state index contributed by atoms with van der Waals surface area (Å²) >= 11 is 1.70. The van der Waals surface area contributed by atoms with Gasteiger partial charge in [0.2, 0.25) is 5.91 Å². The van der Waals surface area contributed by atoms with E-state index in [0.717, 1.165) is 40.2 Å². The van der Waals surface area contributed by atoms with Crippen molar-refractivity contribution in [3.05, 3.63) is 83.9 Å². The molecule has 0 saturated heterocycles. The number of nitrogens with one attached hydrogen (secondary N) is 1. The van der Waals surface area contributed by atoms with Gasteiger partial charge in [0.1, 0.15) is 5.01 Å². The molecule has 1 saturated carbocycles. The summed E-state index contributed by atoms with van der Waals surface area (Å²) in [6.45, 7) is 2.10. The molecular weight excluding hydrogens is 400 g/mol. The molecule has 0 unspecified atom stereocenters. The molecule has 1 heterocycles. The molecule has 0 radical (unpaired) electrons. The number of benzene rings is 3. The maximum Gasteiger partial charge on any atom is 0.232 e. The first kappa shape index (κ1) is 20.0. The van der Waals surface area contributed by atoms with Crippen LogP contribution in [0.3, 0.4) is 0 Å². The van der Waals surface area contributed by atoms with Crippen LogP contribution in [0.4, 0.5) is 5.69 Å².